The zero-order chi connectivity index (χ0) is 14.8. The van der Waals surface area contributed by atoms with Crippen molar-refractivity contribution >= 4 is 6.09 Å². The molecule has 1 unspecified atom stereocenters. The molecule has 1 aliphatic rings. The lowest BCUT2D eigenvalue weighted by atomic mass is 9.99. The van der Waals surface area contributed by atoms with Gasteiger partial charge in [-0.05, 0) is 52.0 Å². The average molecular weight is 277 g/mol. The van der Waals surface area contributed by atoms with Crippen molar-refractivity contribution in [3.63, 3.8) is 0 Å². The quantitative estimate of drug-likeness (QED) is 0.833. The maximum absolute atomic E-state index is 12.0. The summed E-state index contributed by atoms with van der Waals surface area (Å²) in [7, 11) is 0. The molecule has 0 aromatic carbocycles. The molecule has 1 saturated heterocycles. The van der Waals surface area contributed by atoms with Crippen molar-refractivity contribution in [1.82, 2.24) is 14.9 Å². The van der Waals surface area contributed by atoms with Gasteiger partial charge in [-0.1, -0.05) is 0 Å². The van der Waals surface area contributed by atoms with Gasteiger partial charge in [0.25, 0.3) is 0 Å². The Labute approximate surface area is 120 Å². The van der Waals surface area contributed by atoms with E-state index in [0.29, 0.717) is 5.92 Å². The summed E-state index contributed by atoms with van der Waals surface area (Å²) < 4.78 is 5.41. The van der Waals surface area contributed by atoms with E-state index in [2.05, 4.69) is 9.97 Å². The molecule has 5 heteroatoms. The molecule has 1 atom stereocenters. The van der Waals surface area contributed by atoms with E-state index in [-0.39, 0.29) is 6.09 Å². The van der Waals surface area contributed by atoms with Crippen molar-refractivity contribution in [2.24, 2.45) is 5.92 Å². The van der Waals surface area contributed by atoms with Crippen LogP contribution in [0.3, 0.4) is 0 Å². The molecule has 0 radical (unpaired) electrons. The normalized spacial score (nSPS) is 19.2. The lowest BCUT2D eigenvalue weighted by Crippen LogP contribution is -2.35. The topological polar surface area (TPSA) is 55.3 Å². The summed E-state index contributed by atoms with van der Waals surface area (Å²) in [6, 6.07) is 0. The molecular formula is C15H23N3O2. The zero-order valence-corrected chi connectivity index (χ0v) is 12.7. The van der Waals surface area contributed by atoms with Crippen molar-refractivity contribution < 1.29 is 9.53 Å². The van der Waals surface area contributed by atoms with Gasteiger partial charge in [0.2, 0.25) is 0 Å². The molecule has 0 bridgehead atoms. The largest absolute Gasteiger partial charge is 0.444 e. The van der Waals surface area contributed by atoms with Crippen LogP contribution in [0.1, 0.15) is 38.4 Å². The number of rotatable bonds is 2. The number of likely N-dealkylation sites (tertiary alicyclic amines) is 1. The zero-order valence-electron chi connectivity index (χ0n) is 12.7. The monoisotopic (exact) mass is 277 g/mol. The number of hydrogen-bond donors (Lipinski definition) is 0. The van der Waals surface area contributed by atoms with Gasteiger partial charge in [0.15, 0.2) is 0 Å². The molecule has 1 aromatic rings. The first-order valence-corrected chi connectivity index (χ1v) is 7.08. The van der Waals surface area contributed by atoms with Crippen LogP contribution in [0.5, 0.6) is 0 Å². The number of nitrogens with zero attached hydrogens (tertiary/aromatic N) is 3. The molecular weight excluding hydrogens is 254 g/mol. The number of ether oxygens (including phenoxy) is 1. The summed E-state index contributed by atoms with van der Waals surface area (Å²) in [5.74, 6) is 0.465. The number of aryl methyl sites for hydroxylation is 1. The van der Waals surface area contributed by atoms with Crippen LogP contribution in [0, 0.1) is 12.8 Å². The summed E-state index contributed by atoms with van der Waals surface area (Å²) in [5.41, 5.74) is 1.76. The molecule has 5 nitrogen and oxygen atoms in total. The van der Waals surface area contributed by atoms with E-state index in [1.54, 1.807) is 11.2 Å². The highest BCUT2D eigenvalue weighted by atomic mass is 16.6. The lowest BCUT2D eigenvalue weighted by molar-refractivity contribution is 0.0288. The molecule has 110 valence electrons. The van der Waals surface area contributed by atoms with Gasteiger partial charge in [-0.3, -0.25) is 0 Å². The van der Waals surface area contributed by atoms with Crippen molar-refractivity contribution in [2.45, 2.75) is 46.1 Å². The SMILES string of the molecule is Cc1ncncc1CC1CCN(C(=O)OC(C)(C)C)C1. The summed E-state index contributed by atoms with van der Waals surface area (Å²) in [6.07, 6.45) is 5.17. The highest BCUT2D eigenvalue weighted by Gasteiger charge is 2.30. The fourth-order valence-electron chi connectivity index (χ4n) is 2.42. The van der Waals surface area contributed by atoms with Crippen molar-refractivity contribution in [3.8, 4) is 0 Å². The fraction of sp³-hybridized carbons (Fsp3) is 0.667. The third-order valence-electron chi connectivity index (χ3n) is 3.46. The fourth-order valence-corrected chi connectivity index (χ4v) is 2.42. The standard InChI is InChI=1S/C15H23N3O2/c1-11-13(8-16-10-17-11)7-12-5-6-18(9-12)14(19)20-15(2,3)4/h8,10,12H,5-7,9H2,1-4H3. The summed E-state index contributed by atoms with van der Waals surface area (Å²) in [4.78, 5) is 22.1. The number of carbonyl (C=O) groups excluding carboxylic acids is 1. The Bertz CT molecular complexity index is 482. The molecule has 0 aliphatic carbocycles. The third-order valence-corrected chi connectivity index (χ3v) is 3.46. The van der Waals surface area contributed by atoms with Crippen LogP contribution in [0.25, 0.3) is 0 Å². The highest BCUT2D eigenvalue weighted by Crippen LogP contribution is 2.23. The maximum Gasteiger partial charge on any atom is 0.410 e. The van der Waals surface area contributed by atoms with Gasteiger partial charge in [-0.2, -0.15) is 0 Å². The van der Waals surface area contributed by atoms with Gasteiger partial charge < -0.3 is 9.64 Å². The van der Waals surface area contributed by atoms with Crippen LogP contribution in [-0.2, 0) is 11.2 Å². The van der Waals surface area contributed by atoms with E-state index >= 15 is 0 Å². The second-order valence-electron chi connectivity index (χ2n) is 6.42. The Morgan fingerprint density at radius 3 is 2.90 bits per heavy atom. The van der Waals surface area contributed by atoms with E-state index in [1.807, 2.05) is 33.9 Å². The molecule has 20 heavy (non-hydrogen) atoms. The molecule has 1 amide bonds. The van der Waals surface area contributed by atoms with Crippen molar-refractivity contribution in [1.29, 1.82) is 0 Å². The van der Waals surface area contributed by atoms with Gasteiger partial charge >= 0.3 is 6.09 Å². The minimum absolute atomic E-state index is 0.207. The molecule has 2 heterocycles. The number of carbonyl (C=O) groups is 1. The smallest absolute Gasteiger partial charge is 0.410 e. The van der Waals surface area contributed by atoms with Gasteiger partial charge in [0.05, 0.1) is 0 Å². The second kappa shape index (κ2) is 5.77. The predicted molar refractivity (Wildman–Crippen MR) is 76.4 cm³/mol. The average Bonchev–Trinajstić information content (AvgIpc) is 2.79. The Morgan fingerprint density at radius 1 is 1.50 bits per heavy atom. The number of amides is 1. The Kier molecular flexibility index (Phi) is 4.26. The van der Waals surface area contributed by atoms with Crippen LogP contribution in [0.2, 0.25) is 0 Å². The molecule has 1 fully saturated rings. The highest BCUT2D eigenvalue weighted by molar-refractivity contribution is 5.68. The minimum atomic E-state index is -0.432. The Morgan fingerprint density at radius 2 is 2.25 bits per heavy atom. The Balaban J connectivity index is 1.90. The van der Waals surface area contributed by atoms with Gasteiger partial charge in [0.1, 0.15) is 11.9 Å². The van der Waals surface area contributed by atoms with E-state index < -0.39 is 5.60 Å². The summed E-state index contributed by atoms with van der Waals surface area (Å²) >= 11 is 0. The van der Waals surface area contributed by atoms with Crippen LogP contribution in [-0.4, -0.2) is 39.7 Å². The van der Waals surface area contributed by atoms with Crippen LogP contribution in [0.4, 0.5) is 4.79 Å². The third kappa shape index (κ3) is 3.92. The first-order chi connectivity index (χ1) is 9.35. The molecule has 0 saturated carbocycles. The minimum Gasteiger partial charge on any atom is -0.444 e. The number of hydrogen-bond acceptors (Lipinski definition) is 4. The van der Waals surface area contributed by atoms with Gasteiger partial charge in [-0.15, -0.1) is 0 Å². The summed E-state index contributed by atoms with van der Waals surface area (Å²) in [5, 5.41) is 0. The molecule has 2 rings (SSSR count). The number of aromatic nitrogens is 2. The van der Waals surface area contributed by atoms with Crippen molar-refractivity contribution in [3.05, 3.63) is 23.8 Å². The first kappa shape index (κ1) is 14.8. The maximum atomic E-state index is 12.0. The molecule has 0 spiro atoms. The lowest BCUT2D eigenvalue weighted by Gasteiger charge is -2.24. The summed E-state index contributed by atoms with van der Waals surface area (Å²) in [6.45, 7) is 9.20. The van der Waals surface area contributed by atoms with E-state index in [0.717, 1.165) is 31.6 Å². The van der Waals surface area contributed by atoms with E-state index in [9.17, 15) is 4.79 Å². The molecule has 1 aromatic heterocycles. The second-order valence-corrected chi connectivity index (χ2v) is 6.42. The molecule has 1 aliphatic heterocycles. The van der Waals surface area contributed by atoms with Crippen molar-refractivity contribution in [2.75, 3.05) is 13.1 Å². The molecule has 0 N–H and O–H groups in total. The van der Waals surface area contributed by atoms with E-state index in [4.69, 9.17) is 4.74 Å². The van der Waals surface area contributed by atoms with Gasteiger partial charge in [-0.25, -0.2) is 14.8 Å². The first-order valence-electron chi connectivity index (χ1n) is 7.08. The van der Waals surface area contributed by atoms with Crippen LogP contribution >= 0.6 is 0 Å². The van der Waals surface area contributed by atoms with E-state index in [1.165, 1.54) is 5.56 Å². The van der Waals surface area contributed by atoms with Crippen LogP contribution < -0.4 is 0 Å². The Hall–Kier alpha value is -1.65. The van der Waals surface area contributed by atoms with Gasteiger partial charge in [0, 0.05) is 25.0 Å². The predicted octanol–water partition coefficient (Wildman–Crippen LogP) is 2.58. The van der Waals surface area contributed by atoms with Crippen LogP contribution in [0.15, 0.2) is 12.5 Å².